The molecule has 0 radical (unpaired) electrons. The predicted molar refractivity (Wildman–Crippen MR) is 62.1 cm³/mol. The molecule has 0 aliphatic carbocycles. The maximum Gasteiger partial charge on any atom is 0.255 e. The molecule has 0 saturated carbocycles. The van der Waals surface area contributed by atoms with Crippen molar-refractivity contribution in [2.75, 3.05) is 13.1 Å². The highest BCUT2D eigenvalue weighted by Crippen LogP contribution is 2.10. The molecule has 16 heavy (non-hydrogen) atoms. The Morgan fingerprint density at radius 3 is 2.44 bits per heavy atom. The fourth-order valence-corrected chi connectivity index (χ4v) is 1.47. The SMILES string of the molecule is CCN(CC)C(=O)c1ccc(C(C)O)nc1. The van der Waals surface area contributed by atoms with Gasteiger partial charge in [-0.1, -0.05) is 0 Å². The van der Waals surface area contributed by atoms with E-state index in [0.29, 0.717) is 24.3 Å². The Morgan fingerprint density at radius 2 is 2.06 bits per heavy atom. The summed E-state index contributed by atoms with van der Waals surface area (Å²) in [7, 11) is 0. The third-order valence-corrected chi connectivity index (χ3v) is 2.51. The molecule has 1 unspecified atom stereocenters. The molecule has 0 aromatic carbocycles. The van der Waals surface area contributed by atoms with Gasteiger partial charge >= 0.3 is 0 Å². The number of pyridine rings is 1. The molecule has 0 aliphatic heterocycles. The molecule has 4 nitrogen and oxygen atoms in total. The highest BCUT2D eigenvalue weighted by Gasteiger charge is 2.13. The molecule has 88 valence electrons. The molecule has 1 rings (SSSR count). The maximum atomic E-state index is 11.9. The van der Waals surface area contributed by atoms with Crippen LogP contribution < -0.4 is 0 Å². The van der Waals surface area contributed by atoms with E-state index in [4.69, 9.17) is 0 Å². The van der Waals surface area contributed by atoms with Crippen LogP contribution in [0, 0.1) is 0 Å². The largest absolute Gasteiger partial charge is 0.387 e. The van der Waals surface area contributed by atoms with Gasteiger partial charge in [-0.3, -0.25) is 9.78 Å². The van der Waals surface area contributed by atoms with Crippen LogP contribution in [0.25, 0.3) is 0 Å². The molecule has 4 heteroatoms. The summed E-state index contributed by atoms with van der Waals surface area (Å²) >= 11 is 0. The van der Waals surface area contributed by atoms with Crippen LogP contribution in [0.15, 0.2) is 18.3 Å². The topological polar surface area (TPSA) is 53.4 Å². The lowest BCUT2D eigenvalue weighted by atomic mass is 10.2. The lowest BCUT2D eigenvalue weighted by Gasteiger charge is -2.18. The molecule has 0 fully saturated rings. The van der Waals surface area contributed by atoms with Crippen molar-refractivity contribution >= 4 is 5.91 Å². The van der Waals surface area contributed by atoms with Crippen molar-refractivity contribution in [3.63, 3.8) is 0 Å². The lowest BCUT2D eigenvalue weighted by molar-refractivity contribution is 0.0772. The van der Waals surface area contributed by atoms with E-state index >= 15 is 0 Å². The van der Waals surface area contributed by atoms with Crippen molar-refractivity contribution in [1.29, 1.82) is 0 Å². The molecule has 1 heterocycles. The molecule has 1 aromatic rings. The zero-order valence-corrected chi connectivity index (χ0v) is 9.97. The van der Waals surface area contributed by atoms with Crippen LogP contribution in [0.1, 0.15) is 42.9 Å². The Hall–Kier alpha value is -1.42. The number of hydrogen-bond acceptors (Lipinski definition) is 3. The molecular formula is C12H18N2O2. The third-order valence-electron chi connectivity index (χ3n) is 2.51. The Labute approximate surface area is 95.9 Å². The third kappa shape index (κ3) is 2.79. The zero-order valence-electron chi connectivity index (χ0n) is 9.97. The number of carbonyl (C=O) groups excluding carboxylic acids is 1. The Bertz CT molecular complexity index is 343. The smallest absolute Gasteiger partial charge is 0.255 e. The summed E-state index contributed by atoms with van der Waals surface area (Å²) in [6, 6.07) is 3.39. The van der Waals surface area contributed by atoms with Crippen LogP contribution in [0.4, 0.5) is 0 Å². The van der Waals surface area contributed by atoms with Crippen molar-refractivity contribution in [2.45, 2.75) is 26.9 Å². The second-order valence-corrected chi connectivity index (χ2v) is 3.63. The first-order chi connectivity index (χ1) is 7.60. The Balaban J connectivity index is 2.85. The van der Waals surface area contributed by atoms with Crippen LogP contribution in [0.5, 0.6) is 0 Å². The second-order valence-electron chi connectivity index (χ2n) is 3.63. The summed E-state index contributed by atoms with van der Waals surface area (Å²) in [5.74, 6) is -0.0188. The standard InChI is InChI=1S/C12H18N2O2/c1-4-14(5-2)12(16)10-6-7-11(9(3)15)13-8-10/h6-9,15H,4-5H2,1-3H3. The highest BCUT2D eigenvalue weighted by molar-refractivity contribution is 5.93. The first-order valence-corrected chi connectivity index (χ1v) is 5.53. The van der Waals surface area contributed by atoms with Gasteiger partial charge < -0.3 is 10.0 Å². The average Bonchev–Trinajstić information content (AvgIpc) is 2.30. The van der Waals surface area contributed by atoms with Gasteiger partial charge in [-0.05, 0) is 32.9 Å². The Morgan fingerprint density at radius 1 is 1.44 bits per heavy atom. The number of aromatic nitrogens is 1. The van der Waals surface area contributed by atoms with E-state index in [-0.39, 0.29) is 5.91 Å². The molecule has 0 spiro atoms. The van der Waals surface area contributed by atoms with E-state index in [9.17, 15) is 9.90 Å². The van der Waals surface area contributed by atoms with E-state index in [1.807, 2.05) is 13.8 Å². The van der Waals surface area contributed by atoms with Crippen LogP contribution in [0.2, 0.25) is 0 Å². The Kier molecular flexibility index (Phi) is 4.43. The summed E-state index contributed by atoms with van der Waals surface area (Å²) in [5.41, 5.74) is 1.14. The monoisotopic (exact) mass is 222 g/mol. The lowest BCUT2D eigenvalue weighted by Crippen LogP contribution is -2.30. The quantitative estimate of drug-likeness (QED) is 0.842. The molecule has 0 bridgehead atoms. The number of aliphatic hydroxyl groups is 1. The van der Waals surface area contributed by atoms with Gasteiger partial charge in [-0.2, -0.15) is 0 Å². The van der Waals surface area contributed by atoms with E-state index < -0.39 is 6.10 Å². The minimum atomic E-state index is -0.599. The minimum absolute atomic E-state index is 0.0188. The summed E-state index contributed by atoms with van der Waals surface area (Å²) in [4.78, 5) is 17.7. The number of aliphatic hydroxyl groups excluding tert-OH is 1. The first kappa shape index (κ1) is 12.6. The van der Waals surface area contributed by atoms with Crippen molar-refractivity contribution in [2.24, 2.45) is 0 Å². The van der Waals surface area contributed by atoms with Crippen molar-refractivity contribution in [3.05, 3.63) is 29.6 Å². The molecule has 0 saturated heterocycles. The number of nitrogens with zero attached hydrogens (tertiary/aromatic N) is 2. The first-order valence-electron chi connectivity index (χ1n) is 5.53. The second kappa shape index (κ2) is 5.61. The van der Waals surface area contributed by atoms with E-state index in [2.05, 4.69) is 4.98 Å². The van der Waals surface area contributed by atoms with Gasteiger partial charge in [-0.15, -0.1) is 0 Å². The molecular weight excluding hydrogens is 204 g/mol. The molecule has 1 atom stereocenters. The summed E-state index contributed by atoms with van der Waals surface area (Å²) in [5, 5.41) is 9.30. The van der Waals surface area contributed by atoms with Gasteiger partial charge in [0.25, 0.3) is 5.91 Å². The fourth-order valence-electron chi connectivity index (χ4n) is 1.47. The van der Waals surface area contributed by atoms with E-state index in [1.165, 1.54) is 6.20 Å². The van der Waals surface area contributed by atoms with Gasteiger partial charge in [0.1, 0.15) is 0 Å². The molecule has 0 aliphatic rings. The fraction of sp³-hybridized carbons (Fsp3) is 0.500. The van der Waals surface area contributed by atoms with Gasteiger partial charge in [0.2, 0.25) is 0 Å². The van der Waals surface area contributed by atoms with Crippen LogP contribution >= 0.6 is 0 Å². The van der Waals surface area contributed by atoms with Gasteiger partial charge in [0.05, 0.1) is 17.4 Å². The van der Waals surface area contributed by atoms with Crippen LogP contribution in [0.3, 0.4) is 0 Å². The van der Waals surface area contributed by atoms with Crippen molar-refractivity contribution in [1.82, 2.24) is 9.88 Å². The molecule has 1 N–H and O–H groups in total. The zero-order chi connectivity index (χ0) is 12.1. The van der Waals surface area contributed by atoms with Gasteiger partial charge in [0, 0.05) is 19.3 Å². The van der Waals surface area contributed by atoms with E-state index in [1.54, 1.807) is 24.0 Å². The number of amides is 1. The van der Waals surface area contributed by atoms with Crippen LogP contribution in [-0.4, -0.2) is 34.0 Å². The molecule has 1 aromatic heterocycles. The number of carbonyl (C=O) groups is 1. The van der Waals surface area contributed by atoms with Gasteiger partial charge in [0.15, 0.2) is 0 Å². The highest BCUT2D eigenvalue weighted by atomic mass is 16.3. The average molecular weight is 222 g/mol. The summed E-state index contributed by atoms with van der Waals surface area (Å²) in [6.45, 7) is 6.91. The minimum Gasteiger partial charge on any atom is -0.387 e. The summed E-state index contributed by atoms with van der Waals surface area (Å²) in [6.07, 6.45) is 0.917. The van der Waals surface area contributed by atoms with Crippen molar-refractivity contribution in [3.8, 4) is 0 Å². The van der Waals surface area contributed by atoms with Gasteiger partial charge in [-0.25, -0.2) is 0 Å². The summed E-state index contributed by atoms with van der Waals surface area (Å²) < 4.78 is 0. The normalized spacial score (nSPS) is 12.2. The predicted octanol–water partition coefficient (Wildman–Crippen LogP) is 1.62. The van der Waals surface area contributed by atoms with Crippen LogP contribution in [-0.2, 0) is 0 Å². The number of hydrogen-bond donors (Lipinski definition) is 1. The maximum absolute atomic E-state index is 11.9. The molecule has 1 amide bonds. The van der Waals surface area contributed by atoms with E-state index in [0.717, 1.165) is 0 Å². The number of rotatable bonds is 4. The van der Waals surface area contributed by atoms with Crippen molar-refractivity contribution < 1.29 is 9.90 Å².